The SMILES string of the molecule is Cc1ccc(CCc2ccc(F)cc2)cc1N. The smallest absolute Gasteiger partial charge is 0.123 e. The third kappa shape index (κ3) is 3.06. The number of nitrogens with two attached hydrogens (primary N) is 1. The summed E-state index contributed by atoms with van der Waals surface area (Å²) < 4.78 is 12.7. The molecule has 88 valence electrons. The number of nitrogen functional groups attached to an aromatic ring is 1. The molecule has 2 aromatic carbocycles. The highest BCUT2D eigenvalue weighted by atomic mass is 19.1. The third-order valence-electron chi connectivity index (χ3n) is 2.96. The van der Waals surface area contributed by atoms with E-state index in [2.05, 4.69) is 6.07 Å². The largest absolute Gasteiger partial charge is 0.399 e. The van der Waals surface area contributed by atoms with Crippen molar-refractivity contribution in [3.05, 3.63) is 65.0 Å². The van der Waals surface area contributed by atoms with Crippen molar-refractivity contribution in [1.82, 2.24) is 0 Å². The summed E-state index contributed by atoms with van der Waals surface area (Å²) in [4.78, 5) is 0. The van der Waals surface area contributed by atoms with Crippen LogP contribution in [-0.4, -0.2) is 0 Å². The summed E-state index contributed by atoms with van der Waals surface area (Å²) in [6, 6.07) is 12.8. The number of rotatable bonds is 3. The van der Waals surface area contributed by atoms with Crippen molar-refractivity contribution in [2.45, 2.75) is 19.8 Å². The molecule has 2 N–H and O–H groups in total. The van der Waals surface area contributed by atoms with Crippen molar-refractivity contribution < 1.29 is 4.39 Å². The zero-order valence-electron chi connectivity index (χ0n) is 9.91. The van der Waals surface area contributed by atoms with E-state index < -0.39 is 0 Å². The lowest BCUT2D eigenvalue weighted by molar-refractivity contribution is 0.627. The van der Waals surface area contributed by atoms with E-state index >= 15 is 0 Å². The standard InChI is InChI=1S/C15H16FN/c1-11-2-3-13(10-15(11)17)5-4-12-6-8-14(16)9-7-12/h2-3,6-10H,4-5,17H2,1H3. The normalized spacial score (nSPS) is 10.5. The van der Waals surface area contributed by atoms with E-state index in [0.717, 1.165) is 29.7 Å². The molecule has 0 aliphatic heterocycles. The van der Waals surface area contributed by atoms with Crippen LogP contribution in [0.25, 0.3) is 0 Å². The first-order chi connectivity index (χ1) is 8.15. The molecule has 0 spiro atoms. The molecular weight excluding hydrogens is 213 g/mol. The van der Waals surface area contributed by atoms with Crippen molar-refractivity contribution in [3.63, 3.8) is 0 Å². The summed E-state index contributed by atoms with van der Waals surface area (Å²) in [7, 11) is 0. The van der Waals surface area contributed by atoms with Crippen LogP contribution >= 0.6 is 0 Å². The Balaban J connectivity index is 2.02. The minimum Gasteiger partial charge on any atom is -0.399 e. The van der Waals surface area contributed by atoms with Gasteiger partial charge in [-0.1, -0.05) is 24.3 Å². The van der Waals surface area contributed by atoms with E-state index in [4.69, 9.17) is 5.73 Å². The van der Waals surface area contributed by atoms with Gasteiger partial charge in [0.1, 0.15) is 5.82 Å². The fourth-order valence-corrected chi connectivity index (χ4v) is 1.79. The minimum absolute atomic E-state index is 0.187. The maximum atomic E-state index is 12.7. The molecule has 0 saturated heterocycles. The molecule has 0 aliphatic carbocycles. The second-order valence-corrected chi connectivity index (χ2v) is 4.32. The van der Waals surface area contributed by atoms with E-state index in [1.165, 1.54) is 17.7 Å². The predicted molar refractivity (Wildman–Crippen MR) is 69.4 cm³/mol. The van der Waals surface area contributed by atoms with Crippen LogP contribution in [0, 0.1) is 12.7 Å². The molecular formula is C15H16FN. The van der Waals surface area contributed by atoms with Gasteiger partial charge in [-0.3, -0.25) is 0 Å². The van der Waals surface area contributed by atoms with Crippen molar-refractivity contribution in [2.75, 3.05) is 5.73 Å². The lowest BCUT2D eigenvalue weighted by Crippen LogP contribution is -1.95. The monoisotopic (exact) mass is 229 g/mol. The van der Waals surface area contributed by atoms with Crippen LogP contribution < -0.4 is 5.73 Å². The summed E-state index contributed by atoms with van der Waals surface area (Å²) in [6.45, 7) is 2.00. The van der Waals surface area contributed by atoms with Gasteiger partial charge in [-0.15, -0.1) is 0 Å². The Bertz CT molecular complexity index is 503. The zero-order valence-corrected chi connectivity index (χ0v) is 9.91. The number of aryl methyl sites for hydroxylation is 3. The fraction of sp³-hybridized carbons (Fsp3) is 0.200. The molecule has 0 aromatic heterocycles. The number of anilines is 1. The minimum atomic E-state index is -0.187. The fourth-order valence-electron chi connectivity index (χ4n) is 1.79. The Morgan fingerprint density at radius 2 is 1.53 bits per heavy atom. The van der Waals surface area contributed by atoms with Crippen molar-refractivity contribution in [1.29, 1.82) is 0 Å². The maximum Gasteiger partial charge on any atom is 0.123 e. The summed E-state index contributed by atoms with van der Waals surface area (Å²) in [5, 5.41) is 0. The molecule has 1 nitrogen and oxygen atoms in total. The molecule has 0 amide bonds. The Morgan fingerprint density at radius 1 is 0.941 bits per heavy atom. The maximum absolute atomic E-state index is 12.7. The zero-order chi connectivity index (χ0) is 12.3. The first kappa shape index (κ1) is 11.6. The quantitative estimate of drug-likeness (QED) is 0.801. The van der Waals surface area contributed by atoms with Crippen LogP contribution in [0.4, 0.5) is 10.1 Å². The van der Waals surface area contributed by atoms with Gasteiger partial charge >= 0.3 is 0 Å². The van der Waals surface area contributed by atoms with Crippen LogP contribution in [0.15, 0.2) is 42.5 Å². The summed E-state index contributed by atoms with van der Waals surface area (Å²) in [6.07, 6.45) is 1.83. The van der Waals surface area contributed by atoms with Gasteiger partial charge in [0.25, 0.3) is 0 Å². The summed E-state index contributed by atoms with van der Waals surface area (Å²) in [5.41, 5.74) is 10.2. The van der Waals surface area contributed by atoms with Crippen LogP contribution in [0.5, 0.6) is 0 Å². The van der Waals surface area contributed by atoms with Crippen LogP contribution in [-0.2, 0) is 12.8 Å². The summed E-state index contributed by atoms with van der Waals surface area (Å²) in [5.74, 6) is -0.187. The van der Waals surface area contributed by atoms with E-state index in [9.17, 15) is 4.39 Å². The van der Waals surface area contributed by atoms with Gasteiger partial charge in [0, 0.05) is 5.69 Å². The summed E-state index contributed by atoms with van der Waals surface area (Å²) >= 11 is 0. The van der Waals surface area contributed by atoms with E-state index in [-0.39, 0.29) is 5.82 Å². The van der Waals surface area contributed by atoms with Gasteiger partial charge in [0.15, 0.2) is 0 Å². The molecule has 2 rings (SSSR count). The molecule has 0 fully saturated rings. The van der Waals surface area contributed by atoms with Crippen molar-refractivity contribution >= 4 is 5.69 Å². The lowest BCUT2D eigenvalue weighted by atomic mass is 10.0. The molecule has 0 atom stereocenters. The van der Waals surface area contributed by atoms with Crippen LogP contribution in [0.1, 0.15) is 16.7 Å². The van der Waals surface area contributed by atoms with Crippen LogP contribution in [0.3, 0.4) is 0 Å². The van der Waals surface area contributed by atoms with Gasteiger partial charge in [0.2, 0.25) is 0 Å². The Labute approximate surface area is 101 Å². The molecule has 2 heteroatoms. The van der Waals surface area contributed by atoms with Crippen molar-refractivity contribution in [3.8, 4) is 0 Å². The highest BCUT2D eigenvalue weighted by molar-refractivity contribution is 5.48. The molecule has 0 radical (unpaired) electrons. The highest BCUT2D eigenvalue weighted by Crippen LogP contribution is 2.15. The molecule has 0 aliphatic rings. The number of hydrogen-bond donors (Lipinski definition) is 1. The number of hydrogen-bond acceptors (Lipinski definition) is 1. The first-order valence-corrected chi connectivity index (χ1v) is 5.74. The Hall–Kier alpha value is -1.83. The average Bonchev–Trinajstić information content (AvgIpc) is 2.33. The van der Waals surface area contributed by atoms with E-state index in [1.54, 1.807) is 0 Å². The lowest BCUT2D eigenvalue weighted by Gasteiger charge is -2.05. The Morgan fingerprint density at radius 3 is 2.18 bits per heavy atom. The molecule has 0 heterocycles. The van der Waals surface area contributed by atoms with Gasteiger partial charge in [-0.05, 0) is 54.7 Å². The number of benzene rings is 2. The second kappa shape index (κ2) is 5.00. The second-order valence-electron chi connectivity index (χ2n) is 4.32. The van der Waals surface area contributed by atoms with Gasteiger partial charge in [-0.2, -0.15) is 0 Å². The number of halogens is 1. The van der Waals surface area contributed by atoms with E-state index in [0.29, 0.717) is 0 Å². The van der Waals surface area contributed by atoms with Crippen LogP contribution in [0.2, 0.25) is 0 Å². The molecule has 17 heavy (non-hydrogen) atoms. The van der Waals surface area contributed by atoms with Gasteiger partial charge in [-0.25, -0.2) is 4.39 Å². The third-order valence-corrected chi connectivity index (χ3v) is 2.96. The van der Waals surface area contributed by atoms with Gasteiger partial charge < -0.3 is 5.73 Å². The molecule has 2 aromatic rings. The Kier molecular flexibility index (Phi) is 3.43. The van der Waals surface area contributed by atoms with Gasteiger partial charge in [0.05, 0.1) is 0 Å². The predicted octanol–water partition coefficient (Wildman–Crippen LogP) is 3.50. The van der Waals surface area contributed by atoms with E-state index in [1.807, 2.05) is 31.2 Å². The molecule has 0 saturated carbocycles. The highest BCUT2D eigenvalue weighted by Gasteiger charge is 1.99. The molecule has 0 unspecified atom stereocenters. The first-order valence-electron chi connectivity index (χ1n) is 5.74. The molecule has 0 bridgehead atoms. The average molecular weight is 229 g/mol. The topological polar surface area (TPSA) is 26.0 Å². The van der Waals surface area contributed by atoms with Crippen molar-refractivity contribution in [2.24, 2.45) is 0 Å².